The first kappa shape index (κ1) is 18.7. The van der Waals surface area contributed by atoms with Crippen molar-refractivity contribution < 1.29 is 14.3 Å². The van der Waals surface area contributed by atoms with Gasteiger partial charge in [-0.2, -0.15) is 0 Å². The summed E-state index contributed by atoms with van der Waals surface area (Å²) in [5.74, 6) is 1.72. The fourth-order valence-corrected chi connectivity index (χ4v) is 3.16. The Morgan fingerprint density at radius 1 is 1.10 bits per heavy atom. The van der Waals surface area contributed by atoms with Gasteiger partial charge in [0.05, 0.1) is 12.4 Å². The lowest BCUT2D eigenvalue weighted by Crippen LogP contribution is -2.24. The maximum absolute atomic E-state index is 12.4. The molecule has 0 unspecified atom stereocenters. The van der Waals surface area contributed by atoms with Crippen LogP contribution in [0.15, 0.2) is 48.8 Å². The van der Waals surface area contributed by atoms with Crippen LogP contribution >= 0.6 is 0 Å². The summed E-state index contributed by atoms with van der Waals surface area (Å²) >= 11 is 0. The van der Waals surface area contributed by atoms with E-state index < -0.39 is 0 Å². The van der Waals surface area contributed by atoms with Gasteiger partial charge in [0.2, 0.25) is 6.79 Å². The zero-order chi connectivity index (χ0) is 20.2. The van der Waals surface area contributed by atoms with Gasteiger partial charge in [-0.3, -0.25) is 4.79 Å². The second-order valence-corrected chi connectivity index (χ2v) is 6.74. The highest BCUT2D eigenvalue weighted by Gasteiger charge is 2.14. The zero-order valence-electron chi connectivity index (χ0n) is 16.4. The number of ether oxygens (including phenoxy) is 2. The Morgan fingerprint density at radius 2 is 1.97 bits per heavy atom. The fraction of sp³-hybridized carbons (Fsp3) is 0.227. The fourth-order valence-electron chi connectivity index (χ4n) is 3.16. The van der Waals surface area contributed by atoms with E-state index in [1.54, 1.807) is 6.20 Å². The zero-order valence-corrected chi connectivity index (χ0v) is 16.4. The van der Waals surface area contributed by atoms with Crippen molar-refractivity contribution in [3.05, 3.63) is 71.2 Å². The highest BCUT2D eigenvalue weighted by atomic mass is 16.7. The van der Waals surface area contributed by atoms with Crippen LogP contribution in [0.5, 0.6) is 11.5 Å². The van der Waals surface area contributed by atoms with Crippen molar-refractivity contribution in [2.24, 2.45) is 0 Å². The molecule has 2 aromatic carbocycles. The van der Waals surface area contributed by atoms with Crippen molar-refractivity contribution >= 4 is 17.4 Å². The number of nitrogens with one attached hydrogen (secondary N) is 2. The molecule has 2 N–H and O–H groups in total. The third-order valence-corrected chi connectivity index (χ3v) is 4.77. The number of rotatable bonds is 6. The van der Waals surface area contributed by atoms with Crippen molar-refractivity contribution in [3.63, 3.8) is 0 Å². The van der Waals surface area contributed by atoms with Crippen molar-refractivity contribution in [3.8, 4) is 11.5 Å². The highest BCUT2D eigenvalue weighted by molar-refractivity contribution is 5.92. The van der Waals surface area contributed by atoms with E-state index in [0.29, 0.717) is 23.9 Å². The van der Waals surface area contributed by atoms with Gasteiger partial charge >= 0.3 is 0 Å². The van der Waals surface area contributed by atoms with E-state index in [2.05, 4.69) is 33.6 Å². The maximum atomic E-state index is 12.4. The van der Waals surface area contributed by atoms with E-state index in [9.17, 15) is 4.79 Å². The van der Waals surface area contributed by atoms with Crippen molar-refractivity contribution in [1.29, 1.82) is 0 Å². The average Bonchev–Trinajstić information content (AvgIpc) is 3.22. The Bertz CT molecular complexity index is 1030. The summed E-state index contributed by atoms with van der Waals surface area (Å²) in [6.07, 6.45) is 3.96. The summed E-state index contributed by atoms with van der Waals surface area (Å²) in [5, 5.41) is 6.15. The Labute approximate surface area is 169 Å². The molecule has 3 aromatic rings. The molecule has 29 heavy (non-hydrogen) atoms. The van der Waals surface area contributed by atoms with Crippen LogP contribution < -0.4 is 20.1 Å². The quantitative estimate of drug-likeness (QED) is 0.667. The molecule has 0 aliphatic carbocycles. The summed E-state index contributed by atoms with van der Waals surface area (Å²) in [5.41, 5.74) is 4.55. The lowest BCUT2D eigenvalue weighted by atomic mass is 10.1. The number of amides is 1. The number of aryl methyl sites for hydroxylation is 2. The predicted molar refractivity (Wildman–Crippen MR) is 110 cm³/mol. The number of nitrogens with zero attached hydrogens (tertiary/aromatic N) is 2. The molecule has 7 nitrogen and oxygen atoms in total. The van der Waals surface area contributed by atoms with Crippen LogP contribution in [-0.4, -0.2) is 22.7 Å². The maximum Gasteiger partial charge on any atom is 0.271 e. The number of para-hydroxylation sites is 1. The second kappa shape index (κ2) is 8.18. The van der Waals surface area contributed by atoms with Gasteiger partial charge in [0.15, 0.2) is 11.5 Å². The smallest absolute Gasteiger partial charge is 0.271 e. The molecular weight excluding hydrogens is 368 g/mol. The number of benzene rings is 2. The van der Waals surface area contributed by atoms with E-state index in [-0.39, 0.29) is 18.4 Å². The monoisotopic (exact) mass is 390 g/mol. The third-order valence-electron chi connectivity index (χ3n) is 4.77. The molecular formula is C22H22N4O3. The molecule has 0 bridgehead atoms. The van der Waals surface area contributed by atoms with E-state index >= 15 is 0 Å². The van der Waals surface area contributed by atoms with Crippen LogP contribution in [0.3, 0.4) is 0 Å². The molecule has 0 fully saturated rings. The molecule has 148 valence electrons. The van der Waals surface area contributed by atoms with E-state index in [4.69, 9.17) is 9.47 Å². The Hall–Kier alpha value is -3.61. The van der Waals surface area contributed by atoms with E-state index in [0.717, 1.165) is 23.2 Å². The van der Waals surface area contributed by atoms with Gasteiger partial charge in [0.1, 0.15) is 11.5 Å². The molecule has 1 amide bonds. The van der Waals surface area contributed by atoms with Gasteiger partial charge in [-0.25, -0.2) is 9.97 Å². The molecule has 7 heteroatoms. The SMILES string of the molecule is CCc1cccc(C)c1Nc1cnc(C(=O)NCc2ccc3c(c2)OCO3)cn1. The largest absolute Gasteiger partial charge is 0.454 e. The number of fused-ring (bicyclic) bond motifs is 1. The Kier molecular flexibility index (Phi) is 5.29. The van der Waals surface area contributed by atoms with Gasteiger partial charge in [-0.15, -0.1) is 0 Å². The van der Waals surface area contributed by atoms with Crippen molar-refractivity contribution in [2.45, 2.75) is 26.8 Å². The first-order valence-electron chi connectivity index (χ1n) is 9.48. The number of carbonyl (C=O) groups is 1. The molecule has 2 heterocycles. The predicted octanol–water partition coefficient (Wildman–Crippen LogP) is 3.75. The van der Waals surface area contributed by atoms with Crippen LogP contribution in [0, 0.1) is 6.92 Å². The molecule has 0 saturated heterocycles. The highest BCUT2D eigenvalue weighted by Crippen LogP contribution is 2.32. The number of aromatic nitrogens is 2. The lowest BCUT2D eigenvalue weighted by molar-refractivity contribution is 0.0945. The number of hydrogen-bond donors (Lipinski definition) is 2. The lowest BCUT2D eigenvalue weighted by Gasteiger charge is -2.13. The summed E-state index contributed by atoms with van der Waals surface area (Å²) in [6, 6.07) is 11.8. The molecule has 1 aromatic heterocycles. The van der Waals surface area contributed by atoms with Crippen molar-refractivity contribution in [2.75, 3.05) is 12.1 Å². The van der Waals surface area contributed by atoms with Gasteiger partial charge in [0, 0.05) is 12.2 Å². The van der Waals surface area contributed by atoms with Crippen molar-refractivity contribution in [1.82, 2.24) is 15.3 Å². The minimum atomic E-state index is -0.285. The molecule has 1 aliphatic heterocycles. The minimum absolute atomic E-state index is 0.226. The van der Waals surface area contributed by atoms with E-state index in [1.807, 2.05) is 37.3 Å². The van der Waals surface area contributed by atoms with Gasteiger partial charge in [-0.05, 0) is 42.2 Å². The Morgan fingerprint density at radius 3 is 2.76 bits per heavy atom. The first-order chi connectivity index (χ1) is 14.1. The number of hydrogen-bond acceptors (Lipinski definition) is 6. The molecule has 0 saturated carbocycles. The minimum Gasteiger partial charge on any atom is -0.454 e. The van der Waals surface area contributed by atoms with E-state index in [1.165, 1.54) is 11.8 Å². The first-order valence-corrected chi connectivity index (χ1v) is 9.48. The average molecular weight is 390 g/mol. The summed E-state index contributed by atoms with van der Waals surface area (Å²) < 4.78 is 10.6. The summed E-state index contributed by atoms with van der Waals surface area (Å²) in [4.78, 5) is 21.0. The van der Waals surface area contributed by atoms with Crippen LogP contribution in [0.4, 0.5) is 11.5 Å². The van der Waals surface area contributed by atoms with Crippen LogP contribution in [-0.2, 0) is 13.0 Å². The third kappa shape index (κ3) is 4.13. The molecule has 0 spiro atoms. The van der Waals surface area contributed by atoms with Crippen LogP contribution in [0.25, 0.3) is 0 Å². The molecule has 4 rings (SSSR count). The van der Waals surface area contributed by atoms with Crippen LogP contribution in [0.1, 0.15) is 34.1 Å². The van der Waals surface area contributed by atoms with Gasteiger partial charge in [0.25, 0.3) is 5.91 Å². The topological polar surface area (TPSA) is 85.4 Å². The van der Waals surface area contributed by atoms with Gasteiger partial charge in [-0.1, -0.05) is 31.2 Å². The number of carbonyl (C=O) groups excluding carboxylic acids is 1. The van der Waals surface area contributed by atoms with Gasteiger partial charge < -0.3 is 20.1 Å². The molecule has 1 aliphatic rings. The molecule has 0 atom stereocenters. The standard InChI is InChI=1S/C22H22N4O3/c1-3-16-6-4-5-14(2)21(16)26-20-12-23-17(11-24-20)22(27)25-10-15-7-8-18-19(9-15)29-13-28-18/h4-9,11-12H,3,10,13H2,1-2H3,(H,24,26)(H,25,27). The van der Waals surface area contributed by atoms with Crippen LogP contribution in [0.2, 0.25) is 0 Å². The molecule has 0 radical (unpaired) electrons. The normalized spacial score (nSPS) is 11.9. The summed E-state index contributed by atoms with van der Waals surface area (Å²) in [7, 11) is 0. The summed E-state index contributed by atoms with van der Waals surface area (Å²) in [6.45, 7) is 4.75. The second-order valence-electron chi connectivity index (χ2n) is 6.74. The number of anilines is 2. The Balaban J connectivity index is 1.39.